The molecule has 2 nitrogen and oxygen atoms in total. The molecule has 1 aliphatic carbocycles. The highest BCUT2D eigenvalue weighted by Crippen LogP contribution is 2.33. The van der Waals surface area contributed by atoms with Crippen LogP contribution in [-0.4, -0.2) is 11.1 Å². The highest BCUT2D eigenvalue weighted by Gasteiger charge is 2.19. The standard InChI is InChI=1S/C17H24N2/c1-2-13-8-9-17-15(12-13)14-6-3-4-7-16(14)19(17)11-5-10-18/h8-9,12H,2-7,10-11,18H2,1H3. The van der Waals surface area contributed by atoms with Crippen LogP contribution >= 0.6 is 0 Å². The summed E-state index contributed by atoms with van der Waals surface area (Å²) in [6.07, 6.45) is 7.39. The van der Waals surface area contributed by atoms with Crippen LogP contribution in [0.2, 0.25) is 0 Å². The number of benzene rings is 1. The third-order valence-corrected chi connectivity index (χ3v) is 4.44. The maximum Gasteiger partial charge on any atom is 0.0485 e. The number of aromatic nitrogens is 1. The van der Waals surface area contributed by atoms with Gasteiger partial charge in [0.05, 0.1) is 0 Å². The number of nitrogens with zero attached hydrogens (tertiary/aromatic N) is 1. The fourth-order valence-electron chi connectivity index (χ4n) is 3.41. The quantitative estimate of drug-likeness (QED) is 0.892. The third kappa shape index (κ3) is 2.18. The zero-order valence-electron chi connectivity index (χ0n) is 11.9. The van der Waals surface area contributed by atoms with E-state index in [4.69, 9.17) is 5.73 Å². The first-order chi connectivity index (χ1) is 9.35. The van der Waals surface area contributed by atoms with Gasteiger partial charge in [-0.05, 0) is 68.3 Å². The highest BCUT2D eigenvalue weighted by atomic mass is 15.0. The van der Waals surface area contributed by atoms with Gasteiger partial charge in [-0.25, -0.2) is 0 Å². The maximum absolute atomic E-state index is 5.70. The Morgan fingerprint density at radius 2 is 2.05 bits per heavy atom. The van der Waals surface area contributed by atoms with Crippen LogP contribution in [0.4, 0.5) is 0 Å². The van der Waals surface area contributed by atoms with Gasteiger partial charge in [0, 0.05) is 23.1 Å². The lowest BCUT2D eigenvalue weighted by atomic mass is 9.95. The Morgan fingerprint density at radius 3 is 2.84 bits per heavy atom. The summed E-state index contributed by atoms with van der Waals surface area (Å²) in [7, 11) is 0. The summed E-state index contributed by atoms with van der Waals surface area (Å²) in [6, 6.07) is 7.02. The molecular weight excluding hydrogens is 232 g/mol. The van der Waals surface area contributed by atoms with Crippen LogP contribution in [0.1, 0.15) is 43.0 Å². The number of nitrogens with two attached hydrogens (primary N) is 1. The van der Waals surface area contributed by atoms with Crippen molar-refractivity contribution in [2.45, 2.75) is 52.0 Å². The van der Waals surface area contributed by atoms with E-state index in [1.807, 2.05) is 0 Å². The van der Waals surface area contributed by atoms with Crippen molar-refractivity contribution in [3.8, 4) is 0 Å². The van der Waals surface area contributed by atoms with Gasteiger partial charge < -0.3 is 10.3 Å². The first kappa shape index (κ1) is 12.7. The van der Waals surface area contributed by atoms with Crippen molar-refractivity contribution in [3.05, 3.63) is 35.0 Å². The van der Waals surface area contributed by atoms with E-state index in [9.17, 15) is 0 Å². The smallest absolute Gasteiger partial charge is 0.0485 e. The lowest BCUT2D eigenvalue weighted by Gasteiger charge is -2.15. The molecule has 0 spiro atoms. The lowest BCUT2D eigenvalue weighted by Crippen LogP contribution is -2.11. The molecule has 2 N–H and O–H groups in total. The fourth-order valence-corrected chi connectivity index (χ4v) is 3.41. The van der Waals surface area contributed by atoms with Gasteiger partial charge in [-0.2, -0.15) is 0 Å². The van der Waals surface area contributed by atoms with Crippen LogP contribution < -0.4 is 5.73 Å². The lowest BCUT2D eigenvalue weighted by molar-refractivity contribution is 0.596. The van der Waals surface area contributed by atoms with Crippen LogP contribution in [0.5, 0.6) is 0 Å². The van der Waals surface area contributed by atoms with Crippen molar-refractivity contribution < 1.29 is 0 Å². The second-order valence-corrected chi connectivity index (χ2v) is 5.63. The Kier molecular flexibility index (Phi) is 3.61. The predicted molar refractivity (Wildman–Crippen MR) is 81.6 cm³/mol. The molecule has 0 unspecified atom stereocenters. The van der Waals surface area contributed by atoms with Gasteiger partial charge >= 0.3 is 0 Å². The third-order valence-electron chi connectivity index (χ3n) is 4.44. The molecule has 2 aromatic rings. The van der Waals surface area contributed by atoms with E-state index in [0.717, 1.165) is 25.9 Å². The number of hydrogen-bond acceptors (Lipinski definition) is 1. The SMILES string of the molecule is CCc1ccc2c(c1)c1c(n2CCCN)CCCC1. The van der Waals surface area contributed by atoms with E-state index in [-0.39, 0.29) is 0 Å². The molecule has 1 heterocycles. The molecule has 3 rings (SSSR count). The van der Waals surface area contributed by atoms with Crippen molar-refractivity contribution in [3.63, 3.8) is 0 Å². The average Bonchev–Trinajstić information content (AvgIpc) is 2.78. The summed E-state index contributed by atoms with van der Waals surface area (Å²) >= 11 is 0. The van der Waals surface area contributed by atoms with Crippen molar-refractivity contribution in [1.82, 2.24) is 4.57 Å². The zero-order chi connectivity index (χ0) is 13.2. The summed E-state index contributed by atoms with van der Waals surface area (Å²) in [4.78, 5) is 0. The molecule has 1 aromatic heterocycles. The Labute approximate surface area is 115 Å². The molecule has 19 heavy (non-hydrogen) atoms. The number of fused-ring (bicyclic) bond motifs is 3. The number of hydrogen-bond donors (Lipinski definition) is 1. The first-order valence-corrected chi connectivity index (χ1v) is 7.68. The molecule has 2 heteroatoms. The molecule has 0 atom stereocenters. The van der Waals surface area contributed by atoms with Crippen molar-refractivity contribution >= 4 is 10.9 Å². The topological polar surface area (TPSA) is 30.9 Å². The Morgan fingerprint density at radius 1 is 1.21 bits per heavy atom. The molecule has 0 bridgehead atoms. The van der Waals surface area contributed by atoms with Crippen molar-refractivity contribution in [1.29, 1.82) is 0 Å². The number of rotatable bonds is 4. The summed E-state index contributed by atoms with van der Waals surface area (Å²) < 4.78 is 2.54. The summed E-state index contributed by atoms with van der Waals surface area (Å²) in [5, 5.41) is 1.51. The van der Waals surface area contributed by atoms with Crippen LogP contribution in [-0.2, 0) is 25.8 Å². The van der Waals surface area contributed by atoms with Crippen molar-refractivity contribution in [2.24, 2.45) is 5.73 Å². The highest BCUT2D eigenvalue weighted by molar-refractivity contribution is 5.86. The minimum atomic E-state index is 0.779. The van der Waals surface area contributed by atoms with Gasteiger partial charge in [0.25, 0.3) is 0 Å². The molecule has 0 amide bonds. The van der Waals surface area contributed by atoms with Crippen molar-refractivity contribution in [2.75, 3.05) is 6.54 Å². The van der Waals surface area contributed by atoms with Crippen LogP contribution in [0.25, 0.3) is 10.9 Å². The zero-order valence-corrected chi connectivity index (χ0v) is 11.9. The Bertz CT molecular complexity index is 580. The molecule has 0 saturated carbocycles. The van der Waals surface area contributed by atoms with Crippen LogP contribution in [0.15, 0.2) is 18.2 Å². The van der Waals surface area contributed by atoms with Gasteiger partial charge in [0.1, 0.15) is 0 Å². The molecule has 102 valence electrons. The fraction of sp³-hybridized carbons (Fsp3) is 0.529. The Balaban J connectivity index is 2.16. The number of aryl methyl sites for hydroxylation is 3. The van der Waals surface area contributed by atoms with E-state index < -0.39 is 0 Å². The summed E-state index contributed by atoms with van der Waals surface area (Å²) in [5.41, 5.74) is 11.8. The molecule has 0 fully saturated rings. The Hall–Kier alpha value is -1.28. The monoisotopic (exact) mass is 256 g/mol. The normalized spacial score (nSPS) is 14.8. The second-order valence-electron chi connectivity index (χ2n) is 5.63. The predicted octanol–water partition coefficient (Wildman–Crippen LogP) is 3.43. The second kappa shape index (κ2) is 5.38. The largest absolute Gasteiger partial charge is 0.344 e. The molecule has 0 saturated heterocycles. The van der Waals surface area contributed by atoms with Gasteiger partial charge in [0.15, 0.2) is 0 Å². The molecule has 0 radical (unpaired) electrons. The minimum absolute atomic E-state index is 0.779. The summed E-state index contributed by atoms with van der Waals surface area (Å²) in [5.74, 6) is 0. The van der Waals surface area contributed by atoms with E-state index in [0.29, 0.717) is 0 Å². The van der Waals surface area contributed by atoms with Gasteiger partial charge in [-0.1, -0.05) is 13.0 Å². The van der Waals surface area contributed by atoms with Gasteiger partial charge in [0.2, 0.25) is 0 Å². The average molecular weight is 256 g/mol. The van der Waals surface area contributed by atoms with E-state index in [1.54, 1.807) is 11.3 Å². The van der Waals surface area contributed by atoms with Gasteiger partial charge in [-0.3, -0.25) is 0 Å². The molecule has 1 aromatic carbocycles. The van der Waals surface area contributed by atoms with Crippen LogP contribution in [0, 0.1) is 0 Å². The minimum Gasteiger partial charge on any atom is -0.344 e. The summed E-state index contributed by atoms with van der Waals surface area (Å²) in [6.45, 7) is 4.09. The van der Waals surface area contributed by atoms with E-state index in [2.05, 4.69) is 29.7 Å². The van der Waals surface area contributed by atoms with E-state index in [1.165, 1.54) is 42.1 Å². The molecule has 0 aliphatic heterocycles. The van der Waals surface area contributed by atoms with Gasteiger partial charge in [-0.15, -0.1) is 0 Å². The molecule has 1 aliphatic rings. The first-order valence-electron chi connectivity index (χ1n) is 7.68. The van der Waals surface area contributed by atoms with Crippen LogP contribution in [0.3, 0.4) is 0 Å². The molecular formula is C17H24N2. The van der Waals surface area contributed by atoms with E-state index >= 15 is 0 Å². The maximum atomic E-state index is 5.70.